The number of aryl methyl sites for hydroxylation is 1. The normalized spacial score (nSPS) is 22.0. The molecule has 2 aliphatic heterocycles. The number of amides is 2. The first-order valence-corrected chi connectivity index (χ1v) is 12.5. The molecule has 1 saturated heterocycles. The number of morpholine rings is 1. The Labute approximate surface area is 201 Å². The minimum Gasteiger partial charge on any atom is -0.491 e. The lowest BCUT2D eigenvalue weighted by atomic mass is 9.90. The molecule has 2 amide bonds. The van der Waals surface area contributed by atoms with E-state index in [1.807, 2.05) is 23.1 Å². The Hall–Kier alpha value is -2.87. The van der Waals surface area contributed by atoms with Gasteiger partial charge in [-0.2, -0.15) is 0 Å². The first kappa shape index (κ1) is 24.3. The molecule has 2 aliphatic rings. The van der Waals surface area contributed by atoms with Crippen LogP contribution in [0.25, 0.3) is 0 Å². The van der Waals surface area contributed by atoms with E-state index in [-0.39, 0.29) is 18.4 Å². The van der Waals surface area contributed by atoms with Gasteiger partial charge in [-0.25, -0.2) is 4.98 Å². The lowest BCUT2D eigenvalue weighted by molar-refractivity contribution is -0.177. The summed E-state index contributed by atoms with van der Waals surface area (Å²) < 4.78 is 14.1. The van der Waals surface area contributed by atoms with E-state index in [1.165, 1.54) is 5.56 Å². The van der Waals surface area contributed by atoms with E-state index < -0.39 is 5.60 Å². The summed E-state index contributed by atoms with van der Waals surface area (Å²) in [7, 11) is 0. The van der Waals surface area contributed by atoms with Crippen LogP contribution in [0.4, 0.5) is 0 Å². The minimum absolute atomic E-state index is 0.0152. The molecule has 1 spiro atoms. The minimum atomic E-state index is -1.00. The first-order chi connectivity index (χ1) is 16.6. The van der Waals surface area contributed by atoms with E-state index in [9.17, 15) is 9.59 Å². The van der Waals surface area contributed by atoms with Gasteiger partial charge in [0, 0.05) is 25.5 Å². The lowest BCUT2D eigenvalue weighted by Crippen LogP contribution is -2.62. The second kappa shape index (κ2) is 11.5. The molecule has 3 heterocycles. The van der Waals surface area contributed by atoms with Gasteiger partial charge < -0.3 is 23.8 Å². The molecular formula is C26H36N4O4. The maximum absolute atomic E-state index is 14.0. The number of hydrogen-bond acceptors (Lipinski definition) is 5. The van der Waals surface area contributed by atoms with Crippen molar-refractivity contribution in [2.24, 2.45) is 0 Å². The molecular weight excluding hydrogens is 432 g/mol. The Morgan fingerprint density at radius 1 is 1.18 bits per heavy atom. The number of imidazole rings is 1. The number of fused-ring (bicyclic) bond motifs is 1. The predicted octanol–water partition coefficient (Wildman–Crippen LogP) is 2.91. The zero-order valence-corrected chi connectivity index (χ0v) is 20.2. The number of hydrogen-bond donors (Lipinski definition) is 0. The molecule has 1 fully saturated rings. The van der Waals surface area contributed by atoms with Gasteiger partial charge in [0.15, 0.2) is 5.60 Å². The molecule has 1 aromatic carbocycles. The van der Waals surface area contributed by atoms with Crippen LogP contribution in [0, 0.1) is 0 Å². The molecule has 2 aromatic rings. The zero-order chi connectivity index (χ0) is 23.8. The largest absolute Gasteiger partial charge is 0.491 e. The van der Waals surface area contributed by atoms with Crippen LogP contribution in [-0.4, -0.2) is 76.2 Å². The van der Waals surface area contributed by atoms with E-state index in [0.29, 0.717) is 45.8 Å². The molecule has 8 heteroatoms. The molecule has 0 saturated carbocycles. The van der Waals surface area contributed by atoms with Gasteiger partial charge in [0.05, 0.1) is 26.0 Å². The average molecular weight is 469 g/mol. The van der Waals surface area contributed by atoms with E-state index in [0.717, 1.165) is 37.9 Å². The Balaban J connectivity index is 1.54. The zero-order valence-electron chi connectivity index (χ0n) is 20.2. The Kier molecular flexibility index (Phi) is 8.21. The van der Waals surface area contributed by atoms with Gasteiger partial charge in [0.25, 0.3) is 5.91 Å². The van der Waals surface area contributed by atoms with Gasteiger partial charge in [-0.3, -0.25) is 9.59 Å². The van der Waals surface area contributed by atoms with Crippen molar-refractivity contribution < 1.29 is 19.1 Å². The first-order valence-electron chi connectivity index (χ1n) is 12.5. The summed E-state index contributed by atoms with van der Waals surface area (Å²) in [6, 6.07) is 8.16. The quantitative estimate of drug-likeness (QED) is 0.674. The molecule has 0 radical (unpaired) electrons. The highest BCUT2D eigenvalue weighted by molar-refractivity contribution is 5.87. The number of benzene rings is 1. The number of aromatic nitrogens is 2. The van der Waals surface area contributed by atoms with Crippen LogP contribution in [0.3, 0.4) is 0 Å². The SMILES string of the molecule is CCCCN1CCOc2ccccc2CCCCC2(CN(C(=O)Cn3ccnc3)CCO2)C1=O. The van der Waals surface area contributed by atoms with Crippen LogP contribution >= 0.6 is 0 Å². The second-order valence-electron chi connectivity index (χ2n) is 9.20. The molecule has 1 aromatic heterocycles. The van der Waals surface area contributed by atoms with Gasteiger partial charge in [-0.1, -0.05) is 31.5 Å². The lowest BCUT2D eigenvalue weighted by Gasteiger charge is -2.44. The number of para-hydroxylation sites is 1. The Morgan fingerprint density at radius 2 is 2.06 bits per heavy atom. The fraction of sp³-hybridized carbons (Fsp3) is 0.577. The van der Waals surface area contributed by atoms with Gasteiger partial charge in [0.1, 0.15) is 18.9 Å². The number of unbranched alkanes of at least 4 members (excludes halogenated alkanes) is 1. The number of rotatable bonds is 5. The summed E-state index contributed by atoms with van der Waals surface area (Å²) in [5.74, 6) is 0.876. The summed E-state index contributed by atoms with van der Waals surface area (Å²) in [6.45, 7) is 5.09. The van der Waals surface area contributed by atoms with Crippen molar-refractivity contribution in [3.8, 4) is 5.75 Å². The van der Waals surface area contributed by atoms with Gasteiger partial charge in [0.2, 0.25) is 5.91 Å². The summed E-state index contributed by atoms with van der Waals surface area (Å²) in [4.78, 5) is 34.7. The Morgan fingerprint density at radius 3 is 2.88 bits per heavy atom. The van der Waals surface area contributed by atoms with Crippen molar-refractivity contribution in [3.05, 3.63) is 48.5 Å². The number of carbonyl (C=O) groups is 2. The van der Waals surface area contributed by atoms with Crippen LogP contribution in [0.1, 0.15) is 44.6 Å². The number of carbonyl (C=O) groups excluding carboxylic acids is 2. The van der Waals surface area contributed by atoms with Crippen molar-refractivity contribution in [3.63, 3.8) is 0 Å². The maximum Gasteiger partial charge on any atom is 0.256 e. The maximum atomic E-state index is 14.0. The van der Waals surface area contributed by atoms with Crippen molar-refractivity contribution in [2.75, 3.05) is 39.4 Å². The standard InChI is InChI=1S/C26H36N4O4/c1-2-3-13-29-15-17-33-23-10-5-4-8-22(23)9-6-7-11-26(25(29)32)20-30(16-18-34-26)24(31)19-28-14-12-27-21-28/h4-5,8,10,12,14,21H,2-3,6-7,9,11,13,15-20H2,1H3. The summed E-state index contributed by atoms with van der Waals surface area (Å²) in [5.41, 5.74) is 0.195. The molecule has 8 nitrogen and oxygen atoms in total. The molecule has 184 valence electrons. The van der Waals surface area contributed by atoms with Crippen molar-refractivity contribution in [2.45, 2.75) is 57.6 Å². The molecule has 1 unspecified atom stereocenters. The number of nitrogens with zero attached hydrogens (tertiary/aromatic N) is 4. The highest BCUT2D eigenvalue weighted by Crippen LogP contribution is 2.30. The third-order valence-corrected chi connectivity index (χ3v) is 6.74. The van der Waals surface area contributed by atoms with Crippen LogP contribution in [-0.2, 0) is 27.3 Å². The summed E-state index contributed by atoms with van der Waals surface area (Å²) in [5, 5.41) is 0. The van der Waals surface area contributed by atoms with Crippen LogP contribution < -0.4 is 4.74 Å². The van der Waals surface area contributed by atoms with Gasteiger partial charge >= 0.3 is 0 Å². The second-order valence-corrected chi connectivity index (χ2v) is 9.20. The molecule has 0 aliphatic carbocycles. The van der Waals surface area contributed by atoms with E-state index >= 15 is 0 Å². The summed E-state index contributed by atoms with van der Waals surface area (Å²) in [6.07, 6.45) is 10.3. The number of ether oxygens (including phenoxy) is 2. The smallest absolute Gasteiger partial charge is 0.256 e. The van der Waals surface area contributed by atoms with Crippen LogP contribution in [0.5, 0.6) is 5.75 Å². The van der Waals surface area contributed by atoms with Gasteiger partial charge in [-0.15, -0.1) is 0 Å². The van der Waals surface area contributed by atoms with Gasteiger partial charge in [-0.05, 0) is 43.7 Å². The van der Waals surface area contributed by atoms with E-state index in [2.05, 4.69) is 18.0 Å². The fourth-order valence-corrected chi connectivity index (χ4v) is 4.82. The topological polar surface area (TPSA) is 76.9 Å². The molecule has 34 heavy (non-hydrogen) atoms. The van der Waals surface area contributed by atoms with Crippen LogP contribution in [0.2, 0.25) is 0 Å². The van der Waals surface area contributed by atoms with Crippen molar-refractivity contribution in [1.82, 2.24) is 19.4 Å². The predicted molar refractivity (Wildman–Crippen MR) is 128 cm³/mol. The molecule has 4 rings (SSSR count). The third-order valence-electron chi connectivity index (χ3n) is 6.74. The van der Waals surface area contributed by atoms with Crippen LogP contribution in [0.15, 0.2) is 43.0 Å². The average Bonchev–Trinajstić information content (AvgIpc) is 3.37. The van der Waals surface area contributed by atoms with E-state index in [4.69, 9.17) is 9.47 Å². The van der Waals surface area contributed by atoms with Crippen molar-refractivity contribution >= 4 is 11.8 Å². The summed E-state index contributed by atoms with van der Waals surface area (Å²) >= 11 is 0. The third kappa shape index (κ3) is 5.78. The van der Waals surface area contributed by atoms with Crippen molar-refractivity contribution in [1.29, 1.82) is 0 Å². The Bertz CT molecular complexity index is 948. The molecule has 1 atom stereocenters. The molecule has 0 N–H and O–H groups in total. The monoisotopic (exact) mass is 468 g/mol. The highest BCUT2D eigenvalue weighted by atomic mass is 16.5. The molecule has 0 bridgehead atoms. The highest BCUT2D eigenvalue weighted by Gasteiger charge is 2.46. The fourth-order valence-electron chi connectivity index (χ4n) is 4.82. The van der Waals surface area contributed by atoms with E-state index in [1.54, 1.807) is 28.2 Å².